The molecule has 1 aromatic heterocycles. The van der Waals surface area contributed by atoms with E-state index in [-0.39, 0.29) is 4.49 Å². The minimum atomic E-state index is 0.0580. The van der Waals surface area contributed by atoms with Crippen LogP contribution in [0.25, 0.3) is 5.70 Å². The molecule has 0 aliphatic heterocycles. The molecule has 0 aliphatic rings. The zero-order valence-electron chi connectivity index (χ0n) is 9.29. The van der Waals surface area contributed by atoms with Gasteiger partial charge in [-0.25, -0.2) is 0 Å². The van der Waals surface area contributed by atoms with Crippen molar-refractivity contribution in [3.05, 3.63) is 64.9 Å². The van der Waals surface area contributed by atoms with E-state index in [1.165, 1.54) is 0 Å². The van der Waals surface area contributed by atoms with Crippen molar-refractivity contribution in [3.63, 3.8) is 0 Å². The monoisotopic (exact) mass is 277 g/mol. The van der Waals surface area contributed by atoms with Crippen molar-refractivity contribution in [1.29, 1.82) is 0 Å². The molecule has 0 atom stereocenters. The van der Waals surface area contributed by atoms with Gasteiger partial charge in [-0.3, -0.25) is 4.98 Å². The summed E-state index contributed by atoms with van der Waals surface area (Å²) < 4.78 is 0.0580. The van der Waals surface area contributed by atoms with E-state index < -0.39 is 0 Å². The number of hydrogen-bond donors (Lipinski definition) is 0. The van der Waals surface area contributed by atoms with Crippen molar-refractivity contribution >= 4 is 34.6 Å². The van der Waals surface area contributed by atoms with Crippen molar-refractivity contribution in [2.75, 3.05) is 0 Å². The fourth-order valence-electron chi connectivity index (χ4n) is 1.31. The Balaban J connectivity index is 2.30. The Kier molecular flexibility index (Phi) is 4.45. The predicted molar refractivity (Wildman–Crippen MR) is 73.8 cm³/mol. The molecule has 90 valence electrons. The normalized spacial score (nSPS) is 10.6. The van der Waals surface area contributed by atoms with E-state index in [0.717, 1.165) is 11.3 Å². The third kappa shape index (κ3) is 3.39. The van der Waals surface area contributed by atoms with Crippen LogP contribution in [0.3, 0.4) is 0 Å². The van der Waals surface area contributed by atoms with Crippen molar-refractivity contribution in [2.24, 2.45) is 10.2 Å². The van der Waals surface area contributed by atoms with Gasteiger partial charge in [0, 0.05) is 18.0 Å². The Morgan fingerprint density at radius 2 is 1.78 bits per heavy atom. The molecule has 1 aromatic carbocycles. The topological polar surface area (TPSA) is 37.6 Å². The summed E-state index contributed by atoms with van der Waals surface area (Å²) >= 11 is 11.6. The molecule has 0 fully saturated rings. The summed E-state index contributed by atoms with van der Waals surface area (Å²) in [5.41, 5.74) is 1.85. The van der Waals surface area contributed by atoms with Gasteiger partial charge in [-0.15, -0.1) is 5.11 Å². The third-order valence-corrected chi connectivity index (χ3v) is 2.49. The lowest BCUT2D eigenvalue weighted by Crippen LogP contribution is -1.82. The second kappa shape index (κ2) is 6.28. The molecule has 0 radical (unpaired) electrons. The zero-order chi connectivity index (χ0) is 12.8. The number of halogens is 2. The lowest BCUT2D eigenvalue weighted by atomic mass is 10.2. The molecule has 0 bridgehead atoms. The number of nitrogens with zero attached hydrogens (tertiary/aromatic N) is 3. The first-order chi connectivity index (χ1) is 8.77. The highest BCUT2D eigenvalue weighted by atomic mass is 35.5. The first-order valence-electron chi connectivity index (χ1n) is 5.20. The standard InChI is InChI=1S/C13H9Cl2N3/c14-13(15)12(10-5-4-8-16-9-10)18-17-11-6-2-1-3-7-11/h1-9H. The van der Waals surface area contributed by atoms with Crippen LogP contribution in [0.15, 0.2) is 69.6 Å². The molecule has 5 heteroatoms. The van der Waals surface area contributed by atoms with E-state index in [4.69, 9.17) is 23.2 Å². The van der Waals surface area contributed by atoms with Gasteiger partial charge in [0.15, 0.2) is 0 Å². The maximum atomic E-state index is 5.81. The molecule has 0 saturated heterocycles. The van der Waals surface area contributed by atoms with Gasteiger partial charge in [0.05, 0.1) is 5.69 Å². The molecular weight excluding hydrogens is 269 g/mol. The Bertz CT molecular complexity index is 561. The Labute approximate surface area is 115 Å². The van der Waals surface area contributed by atoms with Crippen LogP contribution in [0.2, 0.25) is 0 Å². The SMILES string of the molecule is ClC(Cl)=C(N=Nc1ccccc1)c1cccnc1. The third-order valence-electron chi connectivity index (χ3n) is 2.14. The Morgan fingerprint density at radius 3 is 2.39 bits per heavy atom. The molecule has 0 unspecified atom stereocenters. The van der Waals surface area contributed by atoms with Gasteiger partial charge in [0.1, 0.15) is 10.2 Å². The van der Waals surface area contributed by atoms with Crippen LogP contribution < -0.4 is 0 Å². The molecular formula is C13H9Cl2N3. The average molecular weight is 278 g/mol. The van der Waals surface area contributed by atoms with E-state index in [9.17, 15) is 0 Å². The second-order valence-electron chi connectivity index (χ2n) is 3.39. The number of hydrogen-bond acceptors (Lipinski definition) is 3. The maximum absolute atomic E-state index is 5.81. The summed E-state index contributed by atoms with van der Waals surface area (Å²) in [5, 5.41) is 8.14. The van der Waals surface area contributed by atoms with Crippen LogP contribution in [0.5, 0.6) is 0 Å². The maximum Gasteiger partial charge on any atom is 0.135 e. The van der Waals surface area contributed by atoms with Crippen molar-refractivity contribution < 1.29 is 0 Å². The number of rotatable bonds is 3. The molecule has 2 rings (SSSR count). The van der Waals surface area contributed by atoms with Gasteiger partial charge in [0.25, 0.3) is 0 Å². The molecule has 0 aliphatic carbocycles. The van der Waals surface area contributed by atoms with E-state index in [1.807, 2.05) is 36.4 Å². The highest BCUT2D eigenvalue weighted by Gasteiger charge is 2.05. The molecule has 3 nitrogen and oxygen atoms in total. The number of aromatic nitrogens is 1. The predicted octanol–water partition coefficient (Wildman–Crippen LogP) is 4.97. The molecule has 0 saturated carbocycles. The molecule has 18 heavy (non-hydrogen) atoms. The summed E-state index contributed by atoms with van der Waals surface area (Å²) in [5.74, 6) is 0. The van der Waals surface area contributed by atoms with Gasteiger partial charge < -0.3 is 0 Å². The van der Waals surface area contributed by atoms with E-state index in [1.54, 1.807) is 18.5 Å². The van der Waals surface area contributed by atoms with Gasteiger partial charge in [0.2, 0.25) is 0 Å². The van der Waals surface area contributed by atoms with Gasteiger partial charge >= 0.3 is 0 Å². The lowest BCUT2D eigenvalue weighted by molar-refractivity contribution is 1.22. The summed E-state index contributed by atoms with van der Waals surface area (Å²) in [6.07, 6.45) is 3.29. The second-order valence-corrected chi connectivity index (χ2v) is 4.34. The smallest absolute Gasteiger partial charge is 0.135 e. The number of benzene rings is 1. The summed E-state index contributed by atoms with van der Waals surface area (Å²) in [4.78, 5) is 3.99. The zero-order valence-corrected chi connectivity index (χ0v) is 10.8. The fraction of sp³-hybridized carbons (Fsp3) is 0. The van der Waals surface area contributed by atoms with Crippen molar-refractivity contribution in [2.45, 2.75) is 0 Å². The largest absolute Gasteiger partial charge is 0.264 e. The van der Waals surface area contributed by atoms with Gasteiger partial charge in [-0.05, 0) is 24.3 Å². The summed E-state index contributed by atoms with van der Waals surface area (Å²) in [6.45, 7) is 0. The summed E-state index contributed by atoms with van der Waals surface area (Å²) in [6, 6.07) is 12.9. The highest BCUT2D eigenvalue weighted by molar-refractivity contribution is 6.58. The van der Waals surface area contributed by atoms with Gasteiger partial charge in [-0.1, -0.05) is 41.4 Å². The van der Waals surface area contributed by atoms with Crippen LogP contribution >= 0.6 is 23.2 Å². The number of azo groups is 1. The van der Waals surface area contributed by atoms with Crippen LogP contribution in [0.4, 0.5) is 5.69 Å². The van der Waals surface area contributed by atoms with E-state index in [2.05, 4.69) is 15.2 Å². The molecule has 1 heterocycles. The van der Waals surface area contributed by atoms with Crippen LogP contribution in [-0.4, -0.2) is 4.98 Å². The van der Waals surface area contributed by atoms with Crippen LogP contribution in [0.1, 0.15) is 5.56 Å². The van der Waals surface area contributed by atoms with Crippen molar-refractivity contribution in [1.82, 2.24) is 4.98 Å². The number of pyridine rings is 1. The van der Waals surface area contributed by atoms with Gasteiger partial charge in [-0.2, -0.15) is 5.11 Å². The first kappa shape index (κ1) is 12.7. The quantitative estimate of drug-likeness (QED) is 0.730. The van der Waals surface area contributed by atoms with Crippen LogP contribution in [-0.2, 0) is 0 Å². The lowest BCUT2D eigenvalue weighted by Gasteiger charge is -2.00. The Hall–Kier alpha value is -1.71. The molecule has 2 aromatic rings. The fourth-order valence-corrected chi connectivity index (χ4v) is 1.60. The molecule has 0 amide bonds. The minimum Gasteiger partial charge on any atom is -0.264 e. The average Bonchev–Trinajstić information content (AvgIpc) is 2.41. The molecule has 0 N–H and O–H groups in total. The van der Waals surface area contributed by atoms with E-state index in [0.29, 0.717) is 5.70 Å². The minimum absolute atomic E-state index is 0.0580. The first-order valence-corrected chi connectivity index (χ1v) is 5.95. The molecule has 0 spiro atoms. The Morgan fingerprint density at radius 1 is 1.00 bits per heavy atom. The van der Waals surface area contributed by atoms with E-state index >= 15 is 0 Å². The van der Waals surface area contributed by atoms with Crippen molar-refractivity contribution in [3.8, 4) is 0 Å². The highest BCUT2D eigenvalue weighted by Crippen LogP contribution is 2.26. The van der Waals surface area contributed by atoms with Crippen LogP contribution in [0, 0.1) is 0 Å². The summed E-state index contributed by atoms with van der Waals surface area (Å²) in [7, 11) is 0.